The van der Waals surface area contributed by atoms with Crippen LogP contribution in [0.1, 0.15) is 44.6 Å². The van der Waals surface area contributed by atoms with Crippen LogP contribution in [0.5, 0.6) is 5.75 Å². The Kier molecular flexibility index (Phi) is 8.15. The third kappa shape index (κ3) is 6.29. The van der Waals surface area contributed by atoms with E-state index in [1.165, 1.54) is 11.1 Å². The van der Waals surface area contributed by atoms with Gasteiger partial charge in [0.25, 0.3) is 11.8 Å². The first-order chi connectivity index (χ1) is 20.5. The van der Waals surface area contributed by atoms with Crippen molar-refractivity contribution in [3.8, 4) is 5.75 Å². The molecule has 0 atom stereocenters. The minimum Gasteiger partial charge on any atom is -0.449 e. The van der Waals surface area contributed by atoms with Gasteiger partial charge in [-0.3, -0.25) is 19.4 Å². The largest absolute Gasteiger partial charge is 0.449 e. The normalized spacial score (nSPS) is 15.6. The molecule has 4 aromatic rings. The van der Waals surface area contributed by atoms with Crippen molar-refractivity contribution in [2.75, 3.05) is 24.5 Å². The van der Waals surface area contributed by atoms with Crippen LogP contribution in [0.3, 0.4) is 0 Å². The highest BCUT2D eigenvalue weighted by Gasteiger charge is 2.30. The summed E-state index contributed by atoms with van der Waals surface area (Å²) < 4.78 is 6.04. The SMILES string of the molecule is Cc1cccc(CN2C(=O)C(=Cc3ccc(C(=O)NCCCN4CCc5ccccc5C4)cc3)Oc3ccccc32)c1. The molecule has 0 bridgehead atoms. The van der Waals surface area contributed by atoms with E-state index in [1.54, 1.807) is 23.1 Å². The van der Waals surface area contributed by atoms with E-state index in [-0.39, 0.29) is 17.6 Å². The van der Waals surface area contributed by atoms with Gasteiger partial charge in [-0.05, 0) is 72.4 Å². The second kappa shape index (κ2) is 12.5. The Hall–Kier alpha value is -4.68. The number of nitrogens with one attached hydrogen (secondary N) is 1. The number of carbonyl (C=O) groups excluding carboxylic acids is 2. The van der Waals surface area contributed by atoms with E-state index in [9.17, 15) is 9.59 Å². The van der Waals surface area contributed by atoms with Crippen LogP contribution in [0.15, 0.2) is 103 Å². The minimum absolute atomic E-state index is 0.0959. The fraction of sp³-hybridized carbons (Fsp3) is 0.222. The summed E-state index contributed by atoms with van der Waals surface area (Å²) in [4.78, 5) is 30.5. The molecule has 212 valence electrons. The third-order valence-electron chi connectivity index (χ3n) is 7.87. The Morgan fingerprint density at radius 3 is 2.55 bits per heavy atom. The topological polar surface area (TPSA) is 61.9 Å². The predicted octanol–water partition coefficient (Wildman–Crippen LogP) is 6.14. The molecule has 1 N–H and O–H groups in total. The van der Waals surface area contributed by atoms with Gasteiger partial charge < -0.3 is 10.1 Å². The predicted molar refractivity (Wildman–Crippen MR) is 166 cm³/mol. The maximum Gasteiger partial charge on any atom is 0.294 e. The Labute approximate surface area is 247 Å². The smallest absolute Gasteiger partial charge is 0.294 e. The Morgan fingerprint density at radius 1 is 0.929 bits per heavy atom. The van der Waals surface area contributed by atoms with Gasteiger partial charge in [0, 0.05) is 31.7 Å². The van der Waals surface area contributed by atoms with Crippen LogP contribution in [0.4, 0.5) is 5.69 Å². The summed E-state index contributed by atoms with van der Waals surface area (Å²) in [5, 5.41) is 3.04. The van der Waals surface area contributed by atoms with E-state index in [0.29, 0.717) is 24.4 Å². The zero-order valence-electron chi connectivity index (χ0n) is 23.9. The Morgan fingerprint density at radius 2 is 1.71 bits per heavy atom. The molecule has 4 aromatic carbocycles. The quantitative estimate of drug-likeness (QED) is 0.209. The van der Waals surface area contributed by atoms with Crippen molar-refractivity contribution in [3.63, 3.8) is 0 Å². The zero-order valence-corrected chi connectivity index (χ0v) is 23.9. The lowest BCUT2D eigenvalue weighted by Gasteiger charge is -2.30. The summed E-state index contributed by atoms with van der Waals surface area (Å²) in [6.07, 6.45) is 3.72. The van der Waals surface area contributed by atoms with E-state index in [0.717, 1.165) is 54.9 Å². The number of amides is 2. The molecule has 2 aliphatic heterocycles. The van der Waals surface area contributed by atoms with Gasteiger partial charge >= 0.3 is 0 Å². The molecular weight excluding hydrogens is 522 g/mol. The molecule has 0 aromatic heterocycles. The van der Waals surface area contributed by atoms with Gasteiger partial charge in [0.2, 0.25) is 0 Å². The summed E-state index contributed by atoms with van der Waals surface area (Å²) in [6.45, 7) is 6.11. The first kappa shape index (κ1) is 27.5. The van der Waals surface area contributed by atoms with Gasteiger partial charge in [0.05, 0.1) is 12.2 Å². The highest BCUT2D eigenvalue weighted by Crippen LogP contribution is 2.36. The molecule has 0 spiro atoms. The number of benzene rings is 4. The molecule has 0 aliphatic carbocycles. The van der Waals surface area contributed by atoms with E-state index in [4.69, 9.17) is 4.74 Å². The molecule has 6 nitrogen and oxygen atoms in total. The number of aryl methyl sites for hydroxylation is 1. The number of hydrogen-bond donors (Lipinski definition) is 1. The van der Waals surface area contributed by atoms with Gasteiger partial charge in [-0.25, -0.2) is 0 Å². The molecule has 6 heteroatoms. The molecule has 2 amide bonds. The average molecular weight is 558 g/mol. The number of carbonyl (C=O) groups is 2. The van der Waals surface area contributed by atoms with Crippen LogP contribution in [0, 0.1) is 6.92 Å². The number of fused-ring (bicyclic) bond motifs is 2. The van der Waals surface area contributed by atoms with Gasteiger partial charge in [0.1, 0.15) is 0 Å². The van der Waals surface area contributed by atoms with E-state index >= 15 is 0 Å². The monoisotopic (exact) mass is 557 g/mol. The molecule has 0 fully saturated rings. The van der Waals surface area contributed by atoms with Crippen LogP contribution in [0.25, 0.3) is 6.08 Å². The zero-order chi connectivity index (χ0) is 28.9. The van der Waals surface area contributed by atoms with E-state index in [2.05, 4.69) is 40.5 Å². The third-order valence-corrected chi connectivity index (χ3v) is 7.87. The molecular formula is C36H35N3O3. The molecule has 42 heavy (non-hydrogen) atoms. The number of nitrogens with zero attached hydrogens (tertiary/aromatic N) is 2. The van der Waals surface area contributed by atoms with Gasteiger partial charge in [-0.2, -0.15) is 0 Å². The summed E-state index contributed by atoms with van der Waals surface area (Å²) >= 11 is 0. The van der Waals surface area contributed by atoms with Gasteiger partial charge in [0.15, 0.2) is 11.5 Å². The second-order valence-corrected chi connectivity index (χ2v) is 11.0. The van der Waals surface area contributed by atoms with Crippen molar-refractivity contribution in [3.05, 3.63) is 136 Å². The molecule has 2 heterocycles. The van der Waals surface area contributed by atoms with E-state index < -0.39 is 0 Å². The molecule has 2 aliphatic rings. The maximum atomic E-state index is 13.5. The average Bonchev–Trinajstić information content (AvgIpc) is 3.01. The standard InChI is InChI=1S/C36H35N3O3/c1-26-8-6-9-28(22-26)24-39-32-12-4-5-13-33(32)42-34(36(39)41)23-27-14-16-30(17-15-27)35(40)37-19-7-20-38-21-18-29-10-2-3-11-31(29)25-38/h2-6,8-17,22-23H,7,18-21,24-25H2,1H3,(H,37,40). The molecule has 6 rings (SSSR count). The highest BCUT2D eigenvalue weighted by molar-refractivity contribution is 6.09. The van der Waals surface area contributed by atoms with Crippen molar-refractivity contribution in [1.82, 2.24) is 10.2 Å². The second-order valence-electron chi connectivity index (χ2n) is 11.0. The van der Waals surface area contributed by atoms with Crippen molar-refractivity contribution < 1.29 is 14.3 Å². The van der Waals surface area contributed by atoms with Gasteiger partial charge in [-0.1, -0.05) is 78.4 Å². The van der Waals surface area contributed by atoms with Crippen LogP contribution in [-0.4, -0.2) is 36.3 Å². The van der Waals surface area contributed by atoms with Crippen molar-refractivity contribution in [1.29, 1.82) is 0 Å². The fourth-order valence-electron chi connectivity index (χ4n) is 5.65. The lowest BCUT2D eigenvalue weighted by atomic mass is 10.00. The first-order valence-corrected chi connectivity index (χ1v) is 14.6. The molecule has 0 saturated heterocycles. The first-order valence-electron chi connectivity index (χ1n) is 14.6. The Balaban J connectivity index is 1.06. The van der Waals surface area contributed by atoms with Gasteiger partial charge in [-0.15, -0.1) is 0 Å². The number of hydrogen-bond acceptors (Lipinski definition) is 4. The van der Waals surface area contributed by atoms with E-state index in [1.807, 2.05) is 61.5 Å². The Bertz CT molecular complexity index is 1630. The minimum atomic E-state index is -0.200. The summed E-state index contributed by atoms with van der Waals surface area (Å²) in [7, 11) is 0. The summed E-state index contributed by atoms with van der Waals surface area (Å²) in [5.41, 5.74) is 7.18. The van der Waals surface area contributed by atoms with Crippen LogP contribution >= 0.6 is 0 Å². The number of ether oxygens (including phenoxy) is 1. The molecule has 0 radical (unpaired) electrons. The number of anilines is 1. The molecule has 0 saturated carbocycles. The summed E-state index contributed by atoms with van der Waals surface area (Å²) in [5.74, 6) is 0.593. The molecule has 0 unspecified atom stereocenters. The number of rotatable bonds is 8. The van der Waals surface area contributed by atoms with Crippen LogP contribution in [-0.2, 0) is 24.3 Å². The highest BCUT2D eigenvalue weighted by atomic mass is 16.5. The summed E-state index contributed by atoms with van der Waals surface area (Å²) in [6, 6.07) is 31.6. The van der Waals surface area contributed by atoms with Crippen LogP contribution in [0.2, 0.25) is 0 Å². The maximum absolute atomic E-state index is 13.5. The van der Waals surface area contributed by atoms with Crippen molar-refractivity contribution in [2.45, 2.75) is 32.9 Å². The lowest BCUT2D eigenvalue weighted by molar-refractivity contribution is -0.117. The lowest BCUT2D eigenvalue weighted by Crippen LogP contribution is -2.36. The van der Waals surface area contributed by atoms with Crippen molar-refractivity contribution >= 4 is 23.6 Å². The number of para-hydroxylation sites is 2. The van der Waals surface area contributed by atoms with Crippen molar-refractivity contribution in [2.24, 2.45) is 0 Å². The fourth-order valence-corrected chi connectivity index (χ4v) is 5.65. The van der Waals surface area contributed by atoms with Crippen LogP contribution < -0.4 is 15.0 Å².